The standard InChI is InChI=1S/C12H24N2O2/c1-15-11-2-5-14(9-11)12(8-13)10-3-6-16-7-4-10/h10-12H,2-9,13H2,1H3. The Morgan fingerprint density at radius 2 is 2.12 bits per heavy atom. The number of nitrogens with two attached hydrogens (primary N) is 1. The van der Waals surface area contributed by atoms with Gasteiger partial charge in [0.15, 0.2) is 0 Å². The number of nitrogens with zero attached hydrogens (tertiary/aromatic N) is 1. The number of hydrogen-bond donors (Lipinski definition) is 1. The van der Waals surface area contributed by atoms with E-state index in [9.17, 15) is 0 Å². The zero-order valence-corrected chi connectivity index (χ0v) is 10.2. The second kappa shape index (κ2) is 5.96. The van der Waals surface area contributed by atoms with E-state index in [2.05, 4.69) is 4.90 Å². The maximum atomic E-state index is 5.95. The van der Waals surface area contributed by atoms with Crippen LogP contribution in [0, 0.1) is 5.92 Å². The van der Waals surface area contributed by atoms with Crippen LogP contribution in [0.2, 0.25) is 0 Å². The van der Waals surface area contributed by atoms with E-state index < -0.39 is 0 Å². The van der Waals surface area contributed by atoms with Crippen LogP contribution < -0.4 is 5.73 Å². The zero-order valence-electron chi connectivity index (χ0n) is 10.2. The molecule has 0 radical (unpaired) electrons. The molecular formula is C12H24N2O2. The van der Waals surface area contributed by atoms with Gasteiger partial charge in [0.25, 0.3) is 0 Å². The molecule has 0 aromatic carbocycles. The number of methoxy groups -OCH3 is 1. The Morgan fingerprint density at radius 1 is 1.38 bits per heavy atom. The smallest absolute Gasteiger partial charge is 0.0710 e. The molecule has 4 heteroatoms. The normalized spacial score (nSPS) is 30.8. The largest absolute Gasteiger partial charge is 0.381 e. The number of rotatable bonds is 4. The molecule has 2 N–H and O–H groups in total. The average molecular weight is 228 g/mol. The Hall–Kier alpha value is -0.160. The van der Waals surface area contributed by atoms with Crippen molar-refractivity contribution in [3.63, 3.8) is 0 Å². The van der Waals surface area contributed by atoms with Gasteiger partial charge in [-0.1, -0.05) is 0 Å². The summed E-state index contributed by atoms with van der Waals surface area (Å²) >= 11 is 0. The minimum atomic E-state index is 0.411. The highest BCUT2D eigenvalue weighted by atomic mass is 16.5. The molecule has 2 aliphatic heterocycles. The van der Waals surface area contributed by atoms with Crippen molar-refractivity contribution >= 4 is 0 Å². The van der Waals surface area contributed by atoms with Crippen molar-refractivity contribution in [2.75, 3.05) is 40.0 Å². The van der Waals surface area contributed by atoms with Gasteiger partial charge in [-0.05, 0) is 25.2 Å². The van der Waals surface area contributed by atoms with Crippen LogP contribution in [0.3, 0.4) is 0 Å². The van der Waals surface area contributed by atoms with Crippen LogP contribution in [0.25, 0.3) is 0 Å². The molecule has 0 aliphatic carbocycles. The lowest BCUT2D eigenvalue weighted by Gasteiger charge is -2.35. The molecule has 0 bridgehead atoms. The lowest BCUT2D eigenvalue weighted by Crippen LogP contribution is -2.46. The summed E-state index contributed by atoms with van der Waals surface area (Å²) in [6.07, 6.45) is 3.89. The molecule has 0 amide bonds. The number of ether oxygens (including phenoxy) is 2. The highest BCUT2D eigenvalue weighted by Gasteiger charge is 2.32. The van der Waals surface area contributed by atoms with E-state index in [0.29, 0.717) is 18.1 Å². The Bertz CT molecular complexity index is 207. The van der Waals surface area contributed by atoms with Crippen LogP contribution in [-0.2, 0) is 9.47 Å². The molecule has 0 saturated carbocycles. The van der Waals surface area contributed by atoms with Crippen molar-refractivity contribution in [2.45, 2.75) is 31.4 Å². The molecule has 4 nitrogen and oxygen atoms in total. The van der Waals surface area contributed by atoms with Gasteiger partial charge in [0, 0.05) is 46.0 Å². The third-order valence-electron chi connectivity index (χ3n) is 4.03. The van der Waals surface area contributed by atoms with Crippen LogP contribution >= 0.6 is 0 Å². The van der Waals surface area contributed by atoms with Gasteiger partial charge in [-0.3, -0.25) is 4.90 Å². The Labute approximate surface area is 98.1 Å². The molecule has 2 saturated heterocycles. The molecule has 16 heavy (non-hydrogen) atoms. The summed E-state index contributed by atoms with van der Waals surface area (Å²) < 4.78 is 10.8. The molecule has 94 valence electrons. The maximum Gasteiger partial charge on any atom is 0.0710 e. The lowest BCUT2D eigenvalue weighted by molar-refractivity contribution is 0.0279. The van der Waals surface area contributed by atoms with Crippen LogP contribution in [-0.4, -0.2) is 57.0 Å². The van der Waals surface area contributed by atoms with Gasteiger partial charge in [-0.25, -0.2) is 0 Å². The van der Waals surface area contributed by atoms with Crippen molar-refractivity contribution in [3.05, 3.63) is 0 Å². The first kappa shape index (κ1) is 12.3. The molecule has 2 aliphatic rings. The summed E-state index contributed by atoms with van der Waals surface area (Å²) in [5.74, 6) is 0.717. The van der Waals surface area contributed by atoms with E-state index in [1.54, 1.807) is 7.11 Å². The van der Waals surface area contributed by atoms with E-state index in [1.807, 2.05) is 0 Å². The first-order chi connectivity index (χ1) is 7.85. The molecule has 0 aromatic rings. The molecular weight excluding hydrogens is 204 g/mol. The van der Waals surface area contributed by atoms with Gasteiger partial charge in [-0.2, -0.15) is 0 Å². The number of likely N-dealkylation sites (tertiary alicyclic amines) is 1. The predicted molar refractivity (Wildman–Crippen MR) is 63.4 cm³/mol. The molecule has 2 fully saturated rings. The second-order valence-electron chi connectivity index (χ2n) is 4.89. The topological polar surface area (TPSA) is 47.7 Å². The fourth-order valence-corrected chi connectivity index (χ4v) is 2.99. The zero-order chi connectivity index (χ0) is 11.4. The van der Waals surface area contributed by atoms with E-state index >= 15 is 0 Å². The molecule has 0 spiro atoms. The molecule has 2 atom stereocenters. The summed E-state index contributed by atoms with van der Waals surface area (Å²) in [7, 11) is 1.81. The van der Waals surface area contributed by atoms with Crippen LogP contribution in [0.1, 0.15) is 19.3 Å². The van der Waals surface area contributed by atoms with E-state index in [-0.39, 0.29) is 0 Å². The third-order valence-corrected chi connectivity index (χ3v) is 4.03. The Morgan fingerprint density at radius 3 is 2.69 bits per heavy atom. The van der Waals surface area contributed by atoms with E-state index in [1.165, 1.54) is 0 Å². The van der Waals surface area contributed by atoms with Gasteiger partial charge in [0.05, 0.1) is 6.10 Å². The molecule has 0 aromatic heterocycles. The Kier molecular flexibility index (Phi) is 4.58. The summed E-state index contributed by atoms with van der Waals surface area (Å²) in [5, 5.41) is 0. The number of hydrogen-bond acceptors (Lipinski definition) is 4. The summed E-state index contributed by atoms with van der Waals surface area (Å²) in [5.41, 5.74) is 5.95. The fraction of sp³-hybridized carbons (Fsp3) is 1.00. The van der Waals surface area contributed by atoms with Crippen LogP contribution in [0.15, 0.2) is 0 Å². The summed E-state index contributed by atoms with van der Waals surface area (Å²) in [4.78, 5) is 2.52. The van der Waals surface area contributed by atoms with Gasteiger partial charge >= 0.3 is 0 Å². The van der Waals surface area contributed by atoms with Gasteiger partial charge in [0.1, 0.15) is 0 Å². The third kappa shape index (κ3) is 2.74. The van der Waals surface area contributed by atoms with Crippen molar-refractivity contribution in [1.82, 2.24) is 4.90 Å². The minimum Gasteiger partial charge on any atom is -0.381 e. The van der Waals surface area contributed by atoms with Crippen LogP contribution in [0.5, 0.6) is 0 Å². The molecule has 2 unspecified atom stereocenters. The lowest BCUT2D eigenvalue weighted by atomic mass is 9.91. The first-order valence-electron chi connectivity index (χ1n) is 6.39. The maximum absolute atomic E-state index is 5.95. The fourth-order valence-electron chi connectivity index (χ4n) is 2.99. The van der Waals surface area contributed by atoms with E-state index in [0.717, 1.165) is 52.1 Å². The quantitative estimate of drug-likeness (QED) is 0.759. The van der Waals surface area contributed by atoms with Crippen molar-refractivity contribution in [2.24, 2.45) is 11.7 Å². The van der Waals surface area contributed by atoms with Crippen LogP contribution in [0.4, 0.5) is 0 Å². The van der Waals surface area contributed by atoms with E-state index in [4.69, 9.17) is 15.2 Å². The first-order valence-corrected chi connectivity index (χ1v) is 6.39. The van der Waals surface area contributed by atoms with Gasteiger partial charge in [0.2, 0.25) is 0 Å². The van der Waals surface area contributed by atoms with Gasteiger partial charge in [-0.15, -0.1) is 0 Å². The van der Waals surface area contributed by atoms with Crippen molar-refractivity contribution in [3.8, 4) is 0 Å². The SMILES string of the molecule is COC1CCN(C(CN)C2CCOCC2)C1. The second-order valence-corrected chi connectivity index (χ2v) is 4.89. The molecule has 2 heterocycles. The highest BCUT2D eigenvalue weighted by molar-refractivity contribution is 4.87. The predicted octanol–water partition coefficient (Wildman–Crippen LogP) is 0.461. The monoisotopic (exact) mass is 228 g/mol. The van der Waals surface area contributed by atoms with Crippen molar-refractivity contribution < 1.29 is 9.47 Å². The summed E-state index contributed by atoms with van der Waals surface area (Å²) in [6.45, 7) is 4.76. The Balaban J connectivity index is 1.88. The van der Waals surface area contributed by atoms with Crippen molar-refractivity contribution in [1.29, 1.82) is 0 Å². The minimum absolute atomic E-state index is 0.411. The summed E-state index contributed by atoms with van der Waals surface area (Å²) in [6, 6.07) is 0.532. The highest BCUT2D eigenvalue weighted by Crippen LogP contribution is 2.25. The van der Waals surface area contributed by atoms with Gasteiger partial charge < -0.3 is 15.2 Å². The molecule has 2 rings (SSSR count). The average Bonchev–Trinajstić information content (AvgIpc) is 2.80.